The standard InChI is InChI=1S/C19H31ClN2O/c1-2-3-4-5-6-7-8-9-10-17-11-13-18(14-12-17)22-19(23)21-16-15-20/h11-14H,2-10,15-16H2,1H3,(H2,21,22,23). The molecule has 1 aromatic rings. The maximum Gasteiger partial charge on any atom is 0.319 e. The number of hydrogen-bond acceptors (Lipinski definition) is 1. The fraction of sp³-hybridized carbons (Fsp3) is 0.632. The fourth-order valence-electron chi connectivity index (χ4n) is 2.55. The topological polar surface area (TPSA) is 41.1 Å². The molecule has 0 aliphatic carbocycles. The van der Waals surface area contributed by atoms with Crippen LogP contribution < -0.4 is 10.6 Å². The second kappa shape index (κ2) is 13.2. The van der Waals surface area contributed by atoms with E-state index in [1.807, 2.05) is 12.1 Å². The van der Waals surface area contributed by atoms with Crippen LogP contribution in [0, 0.1) is 0 Å². The number of nitrogens with one attached hydrogen (secondary N) is 2. The van der Waals surface area contributed by atoms with Gasteiger partial charge in [0.15, 0.2) is 0 Å². The van der Waals surface area contributed by atoms with Gasteiger partial charge in [0.2, 0.25) is 0 Å². The van der Waals surface area contributed by atoms with Crippen molar-refractivity contribution in [2.24, 2.45) is 0 Å². The molecule has 0 bridgehead atoms. The summed E-state index contributed by atoms with van der Waals surface area (Å²) in [5, 5.41) is 5.48. The lowest BCUT2D eigenvalue weighted by atomic mass is 10.0. The van der Waals surface area contributed by atoms with Crippen LogP contribution in [0.4, 0.5) is 10.5 Å². The molecular weight excluding hydrogens is 308 g/mol. The van der Waals surface area contributed by atoms with E-state index in [0.29, 0.717) is 12.4 Å². The quantitative estimate of drug-likeness (QED) is 0.371. The molecule has 0 heterocycles. The highest BCUT2D eigenvalue weighted by atomic mass is 35.5. The predicted octanol–water partition coefficient (Wildman–Crippen LogP) is 5.73. The first-order chi connectivity index (χ1) is 11.3. The van der Waals surface area contributed by atoms with Crippen molar-refractivity contribution in [3.05, 3.63) is 29.8 Å². The van der Waals surface area contributed by atoms with E-state index in [9.17, 15) is 4.79 Å². The summed E-state index contributed by atoms with van der Waals surface area (Å²) in [7, 11) is 0. The first-order valence-corrected chi connectivity index (χ1v) is 9.49. The molecule has 4 heteroatoms. The van der Waals surface area contributed by atoms with E-state index in [0.717, 1.165) is 12.1 Å². The van der Waals surface area contributed by atoms with E-state index < -0.39 is 0 Å². The second-order valence-corrected chi connectivity index (χ2v) is 6.37. The molecule has 1 rings (SSSR count). The number of anilines is 1. The Kier molecular flexibility index (Phi) is 11.4. The van der Waals surface area contributed by atoms with Gasteiger partial charge in [-0.25, -0.2) is 4.79 Å². The van der Waals surface area contributed by atoms with Crippen molar-refractivity contribution >= 4 is 23.3 Å². The van der Waals surface area contributed by atoms with E-state index in [2.05, 4.69) is 29.7 Å². The normalized spacial score (nSPS) is 10.5. The number of amides is 2. The van der Waals surface area contributed by atoms with Crippen molar-refractivity contribution in [1.29, 1.82) is 0 Å². The molecule has 0 aliphatic rings. The average molecular weight is 339 g/mol. The molecule has 0 radical (unpaired) electrons. The zero-order valence-corrected chi connectivity index (χ0v) is 15.1. The van der Waals surface area contributed by atoms with Crippen molar-refractivity contribution in [3.63, 3.8) is 0 Å². The Morgan fingerprint density at radius 3 is 2.17 bits per heavy atom. The Bertz CT molecular complexity index is 420. The second-order valence-electron chi connectivity index (χ2n) is 5.99. The third-order valence-corrected chi connectivity index (χ3v) is 4.10. The first kappa shape index (κ1) is 19.8. The number of rotatable bonds is 12. The lowest BCUT2D eigenvalue weighted by Gasteiger charge is -2.07. The Morgan fingerprint density at radius 2 is 1.57 bits per heavy atom. The summed E-state index contributed by atoms with van der Waals surface area (Å²) in [5.74, 6) is 0.422. The van der Waals surface area contributed by atoms with Crippen molar-refractivity contribution in [3.8, 4) is 0 Å². The van der Waals surface area contributed by atoms with Crippen molar-refractivity contribution in [1.82, 2.24) is 5.32 Å². The molecule has 0 aromatic heterocycles. The minimum absolute atomic E-state index is 0.207. The highest BCUT2D eigenvalue weighted by molar-refractivity contribution is 6.18. The van der Waals surface area contributed by atoms with Gasteiger partial charge in [0.1, 0.15) is 0 Å². The highest BCUT2D eigenvalue weighted by Crippen LogP contribution is 2.14. The molecule has 2 amide bonds. The summed E-state index contributed by atoms with van der Waals surface area (Å²) in [6.45, 7) is 2.73. The zero-order valence-electron chi connectivity index (χ0n) is 14.4. The van der Waals surface area contributed by atoms with Crippen LogP contribution in [0.5, 0.6) is 0 Å². The summed E-state index contributed by atoms with van der Waals surface area (Å²) >= 11 is 5.53. The van der Waals surface area contributed by atoms with Gasteiger partial charge in [0, 0.05) is 18.1 Å². The Morgan fingerprint density at radius 1 is 0.957 bits per heavy atom. The molecule has 0 unspecified atom stereocenters. The number of carbonyl (C=O) groups excluding carboxylic acids is 1. The number of hydrogen-bond donors (Lipinski definition) is 2. The van der Waals surface area contributed by atoms with E-state index in [4.69, 9.17) is 11.6 Å². The Balaban J connectivity index is 2.13. The van der Waals surface area contributed by atoms with Crippen molar-refractivity contribution in [2.75, 3.05) is 17.7 Å². The van der Waals surface area contributed by atoms with Gasteiger partial charge < -0.3 is 10.6 Å². The lowest BCUT2D eigenvalue weighted by Crippen LogP contribution is -2.30. The fourth-order valence-corrected chi connectivity index (χ4v) is 2.65. The van der Waals surface area contributed by atoms with Crippen LogP contribution in [0.1, 0.15) is 63.9 Å². The molecule has 130 valence electrons. The molecular formula is C19H31ClN2O. The van der Waals surface area contributed by atoms with Crippen molar-refractivity contribution in [2.45, 2.75) is 64.7 Å². The van der Waals surface area contributed by atoms with Gasteiger partial charge in [-0.1, -0.05) is 64.0 Å². The van der Waals surface area contributed by atoms with E-state index in [1.165, 1.54) is 56.9 Å². The Hall–Kier alpha value is -1.22. The first-order valence-electron chi connectivity index (χ1n) is 8.96. The maximum atomic E-state index is 11.5. The van der Waals surface area contributed by atoms with Crippen LogP contribution in [0.25, 0.3) is 0 Å². The van der Waals surface area contributed by atoms with Gasteiger partial charge in [-0.15, -0.1) is 11.6 Å². The number of urea groups is 1. The number of aryl methyl sites for hydroxylation is 1. The number of alkyl halides is 1. The molecule has 1 aromatic carbocycles. The molecule has 23 heavy (non-hydrogen) atoms. The summed E-state index contributed by atoms with van der Waals surface area (Å²) in [4.78, 5) is 11.5. The molecule has 0 saturated heterocycles. The van der Waals surface area contributed by atoms with E-state index in [1.54, 1.807) is 0 Å². The van der Waals surface area contributed by atoms with E-state index in [-0.39, 0.29) is 6.03 Å². The molecule has 2 N–H and O–H groups in total. The molecule has 3 nitrogen and oxygen atoms in total. The van der Waals surface area contributed by atoms with Gasteiger partial charge in [-0.2, -0.15) is 0 Å². The number of halogens is 1. The number of benzene rings is 1. The number of unbranched alkanes of at least 4 members (excludes halogenated alkanes) is 7. The molecule has 0 aliphatic heterocycles. The van der Waals surface area contributed by atoms with Gasteiger partial charge in [-0.3, -0.25) is 0 Å². The van der Waals surface area contributed by atoms with Gasteiger partial charge in [0.25, 0.3) is 0 Å². The summed E-state index contributed by atoms with van der Waals surface area (Å²) < 4.78 is 0. The van der Waals surface area contributed by atoms with Crippen LogP contribution in [0.2, 0.25) is 0 Å². The SMILES string of the molecule is CCCCCCCCCCc1ccc(NC(=O)NCCCl)cc1. The third-order valence-electron chi connectivity index (χ3n) is 3.91. The van der Waals surface area contributed by atoms with Crippen LogP contribution in [-0.2, 0) is 6.42 Å². The summed E-state index contributed by atoms with van der Waals surface area (Å²) in [6, 6.07) is 7.90. The number of carbonyl (C=O) groups is 1. The van der Waals surface area contributed by atoms with Gasteiger partial charge in [-0.05, 0) is 30.5 Å². The summed E-state index contributed by atoms with van der Waals surface area (Å²) in [5.41, 5.74) is 2.15. The average Bonchev–Trinajstić information content (AvgIpc) is 2.57. The zero-order chi connectivity index (χ0) is 16.8. The summed E-state index contributed by atoms with van der Waals surface area (Å²) in [6.07, 6.45) is 11.9. The van der Waals surface area contributed by atoms with E-state index >= 15 is 0 Å². The van der Waals surface area contributed by atoms with Gasteiger partial charge >= 0.3 is 6.03 Å². The monoisotopic (exact) mass is 338 g/mol. The van der Waals surface area contributed by atoms with Crippen LogP contribution in [0.3, 0.4) is 0 Å². The molecule has 0 spiro atoms. The predicted molar refractivity (Wildman–Crippen MR) is 100 cm³/mol. The largest absolute Gasteiger partial charge is 0.337 e. The Labute approximate surface area is 146 Å². The smallest absolute Gasteiger partial charge is 0.319 e. The van der Waals surface area contributed by atoms with Crippen LogP contribution in [-0.4, -0.2) is 18.5 Å². The minimum Gasteiger partial charge on any atom is -0.337 e. The molecule has 0 fully saturated rings. The van der Waals surface area contributed by atoms with Gasteiger partial charge in [0.05, 0.1) is 0 Å². The lowest BCUT2D eigenvalue weighted by molar-refractivity contribution is 0.252. The third kappa shape index (κ3) is 10.2. The minimum atomic E-state index is -0.207. The molecule has 0 atom stereocenters. The maximum absolute atomic E-state index is 11.5. The molecule has 0 saturated carbocycles. The van der Waals surface area contributed by atoms with Crippen LogP contribution in [0.15, 0.2) is 24.3 Å². The van der Waals surface area contributed by atoms with Crippen molar-refractivity contribution < 1.29 is 4.79 Å². The van der Waals surface area contributed by atoms with Crippen LogP contribution >= 0.6 is 11.6 Å². The highest BCUT2D eigenvalue weighted by Gasteiger charge is 2.01.